The topological polar surface area (TPSA) is 68.2 Å². The van der Waals surface area contributed by atoms with Crippen LogP contribution >= 0.6 is 0 Å². The van der Waals surface area contributed by atoms with Crippen molar-refractivity contribution in [2.24, 2.45) is 0 Å². The van der Waals surface area contributed by atoms with Gasteiger partial charge in [-0.3, -0.25) is 0 Å². The molecule has 0 aliphatic heterocycles. The number of hydrogen-bond donors (Lipinski definition) is 2. The third-order valence-corrected chi connectivity index (χ3v) is 3.25. The van der Waals surface area contributed by atoms with Crippen molar-refractivity contribution in [1.82, 2.24) is 14.4 Å². The van der Waals surface area contributed by atoms with Crippen LogP contribution in [0.5, 0.6) is 0 Å². The number of fused-ring (bicyclic) bond motifs is 1. The summed E-state index contributed by atoms with van der Waals surface area (Å²) in [5.74, 6) is 1.12. The fraction of sp³-hybridized carbons (Fsp3) is 0.143. The second kappa shape index (κ2) is 4.28. The molecule has 0 aliphatic rings. The molecule has 2 heterocycles. The molecule has 96 valence electrons. The molecule has 5 nitrogen and oxygen atoms in total. The smallest absolute Gasteiger partial charge is 0.180 e. The Bertz CT molecular complexity index is 745. The Kier molecular flexibility index (Phi) is 2.59. The Morgan fingerprint density at radius 2 is 2.11 bits per heavy atom. The maximum atomic E-state index is 5.81. The van der Waals surface area contributed by atoms with Gasteiger partial charge in [0.1, 0.15) is 5.82 Å². The van der Waals surface area contributed by atoms with Crippen molar-refractivity contribution < 1.29 is 0 Å². The molecule has 0 fully saturated rings. The molecule has 1 aromatic carbocycles. The molecule has 0 bridgehead atoms. The van der Waals surface area contributed by atoms with Crippen molar-refractivity contribution in [2.75, 3.05) is 11.1 Å². The predicted octanol–water partition coefficient (Wildman–Crippen LogP) is 2.67. The Hall–Kier alpha value is -2.56. The summed E-state index contributed by atoms with van der Waals surface area (Å²) in [5.41, 5.74) is 10.0. The molecule has 0 unspecified atom stereocenters. The average molecular weight is 253 g/mol. The lowest BCUT2D eigenvalue weighted by atomic mass is 10.1. The fourth-order valence-electron chi connectivity index (χ4n) is 2.05. The van der Waals surface area contributed by atoms with Gasteiger partial charge >= 0.3 is 0 Å². The van der Waals surface area contributed by atoms with E-state index >= 15 is 0 Å². The van der Waals surface area contributed by atoms with Gasteiger partial charge in [0.2, 0.25) is 0 Å². The van der Waals surface area contributed by atoms with E-state index in [1.807, 2.05) is 22.7 Å². The van der Waals surface area contributed by atoms with Crippen molar-refractivity contribution in [3.05, 3.63) is 47.9 Å². The lowest BCUT2D eigenvalue weighted by Gasteiger charge is -2.11. The third-order valence-electron chi connectivity index (χ3n) is 3.25. The van der Waals surface area contributed by atoms with Crippen LogP contribution in [0.4, 0.5) is 17.3 Å². The second-order valence-electron chi connectivity index (χ2n) is 4.54. The van der Waals surface area contributed by atoms with Gasteiger partial charge in [-0.05, 0) is 31.0 Å². The van der Waals surface area contributed by atoms with Gasteiger partial charge in [-0.25, -0.2) is 9.97 Å². The second-order valence-corrected chi connectivity index (χ2v) is 4.54. The first-order valence-electron chi connectivity index (χ1n) is 6.07. The largest absolute Gasteiger partial charge is 0.382 e. The number of aromatic nitrogens is 3. The molecule has 0 amide bonds. The van der Waals surface area contributed by atoms with E-state index in [1.165, 1.54) is 11.1 Å². The van der Waals surface area contributed by atoms with Gasteiger partial charge < -0.3 is 15.5 Å². The van der Waals surface area contributed by atoms with Crippen molar-refractivity contribution in [1.29, 1.82) is 0 Å². The number of rotatable bonds is 2. The van der Waals surface area contributed by atoms with Gasteiger partial charge in [-0.2, -0.15) is 0 Å². The highest BCUT2D eigenvalue weighted by atomic mass is 15.1. The minimum Gasteiger partial charge on any atom is -0.382 e. The average Bonchev–Trinajstić information content (AvgIpc) is 2.83. The molecule has 0 saturated carbocycles. The van der Waals surface area contributed by atoms with E-state index < -0.39 is 0 Å². The Morgan fingerprint density at radius 3 is 2.95 bits per heavy atom. The quantitative estimate of drug-likeness (QED) is 0.736. The molecule has 3 aromatic rings. The number of hydrogen-bond acceptors (Lipinski definition) is 4. The molecule has 0 spiro atoms. The number of nitrogens with zero attached hydrogens (tertiary/aromatic N) is 3. The summed E-state index contributed by atoms with van der Waals surface area (Å²) in [5, 5.41) is 3.31. The van der Waals surface area contributed by atoms with Crippen molar-refractivity contribution >= 4 is 23.0 Å². The summed E-state index contributed by atoms with van der Waals surface area (Å²) < 4.78 is 1.86. The lowest BCUT2D eigenvalue weighted by Crippen LogP contribution is -2.03. The van der Waals surface area contributed by atoms with E-state index in [9.17, 15) is 0 Å². The lowest BCUT2D eigenvalue weighted by molar-refractivity contribution is 1.13. The van der Waals surface area contributed by atoms with E-state index in [1.54, 1.807) is 12.4 Å². The van der Waals surface area contributed by atoms with Crippen LogP contribution in [0.3, 0.4) is 0 Å². The van der Waals surface area contributed by atoms with Gasteiger partial charge in [-0.15, -0.1) is 0 Å². The highest BCUT2D eigenvalue weighted by molar-refractivity contribution is 5.73. The summed E-state index contributed by atoms with van der Waals surface area (Å²) in [6, 6.07) is 6.12. The minimum atomic E-state index is 0.457. The van der Waals surface area contributed by atoms with Crippen LogP contribution < -0.4 is 11.1 Å². The molecule has 0 atom stereocenters. The first-order chi connectivity index (χ1) is 9.15. The van der Waals surface area contributed by atoms with E-state index in [-0.39, 0.29) is 0 Å². The van der Waals surface area contributed by atoms with Gasteiger partial charge in [-0.1, -0.05) is 12.1 Å². The number of nitrogens with two attached hydrogens (primary N) is 1. The molecule has 2 aromatic heterocycles. The van der Waals surface area contributed by atoms with Crippen LogP contribution in [0, 0.1) is 13.8 Å². The summed E-state index contributed by atoms with van der Waals surface area (Å²) in [6.45, 7) is 4.16. The van der Waals surface area contributed by atoms with E-state index in [2.05, 4.69) is 35.2 Å². The molecule has 3 N–H and O–H groups in total. The standard InChI is InChI=1S/C14H15N5/c1-9-4-3-5-11(10(9)2)17-13-14-16-6-7-19(14)8-12(15)18-13/h3-8H,15H2,1-2H3,(H,17,18). The maximum Gasteiger partial charge on any atom is 0.180 e. The van der Waals surface area contributed by atoms with Gasteiger partial charge in [0.05, 0.1) is 6.20 Å². The molecular formula is C14H15N5. The number of anilines is 3. The van der Waals surface area contributed by atoms with Gasteiger partial charge in [0.15, 0.2) is 11.5 Å². The molecule has 3 rings (SSSR count). The van der Waals surface area contributed by atoms with Crippen LogP contribution in [-0.4, -0.2) is 14.4 Å². The Balaban J connectivity index is 2.10. The number of imidazole rings is 1. The highest BCUT2D eigenvalue weighted by Gasteiger charge is 2.08. The van der Waals surface area contributed by atoms with Crippen LogP contribution in [-0.2, 0) is 0 Å². The number of aryl methyl sites for hydroxylation is 1. The molecule has 5 heteroatoms. The SMILES string of the molecule is Cc1cccc(Nc2nc(N)cn3ccnc23)c1C. The molecule has 0 radical (unpaired) electrons. The maximum absolute atomic E-state index is 5.81. The third kappa shape index (κ3) is 1.99. The molecule has 0 saturated heterocycles. The zero-order valence-corrected chi connectivity index (χ0v) is 10.9. The zero-order chi connectivity index (χ0) is 13.4. The minimum absolute atomic E-state index is 0.457. The van der Waals surface area contributed by atoms with Crippen LogP contribution in [0.1, 0.15) is 11.1 Å². The Labute approximate surface area is 111 Å². The number of nitrogens with one attached hydrogen (secondary N) is 1. The first-order valence-corrected chi connectivity index (χ1v) is 6.07. The van der Waals surface area contributed by atoms with E-state index in [0.717, 1.165) is 11.3 Å². The highest BCUT2D eigenvalue weighted by Crippen LogP contribution is 2.24. The summed E-state index contributed by atoms with van der Waals surface area (Å²) >= 11 is 0. The number of benzene rings is 1. The molecule has 0 aliphatic carbocycles. The van der Waals surface area contributed by atoms with E-state index in [4.69, 9.17) is 5.73 Å². The normalized spacial score (nSPS) is 10.8. The van der Waals surface area contributed by atoms with Crippen LogP contribution in [0.2, 0.25) is 0 Å². The van der Waals surface area contributed by atoms with Crippen LogP contribution in [0.15, 0.2) is 36.8 Å². The number of nitrogen functional groups attached to an aromatic ring is 1. The van der Waals surface area contributed by atoms with Crippen LogP contribution in [0.25, 0.3) is 5.65 Å². The Morgan fingerprint density at radius 1 is 1.26 bits per heavy atom. The summed E-state index contributed by atoms with van der Waals surface area (Å²) in [4.78, 5) is 8.61. The molecule has 19 heavy (non-hydrogen) atoms. The first kappa shape index (κ1) is 11.5. The zero-order valence-electron chi connectivity index (χ0n) is 10.9. The fourth-order valence-corrected chi connectivity index (χ4v) is 2.05. The van der Waals surface area contributed by atoms with Crippen molar-refractivity contribution in [3.63, 3.8) is 0 Å². The molecular weight excluding hydrogens is 238 g/mol. The van der Waals surface area contributed by atoms with Crippen molar-refractivity contribution in [2.45, 2.75) is 13.8 Å². The summed E-state index contributed by atoms with van der Waals surface area (Å²) in [6.07, 6.45) is 5.32. The monoisotopic (exact) mass is 253 g/mol. The van der Waals surface area contributed by atoms with E-state index in [0.29, 0.717) is 11.6 Å². The summed E-state index contributed by atoms with van der Waals surface area (Å²) in [7, 11) is 0. The van der Waals surface area contributed by atoms with Crippen molar-refractivity contribution in [3.8, 4) is 0 Å². The predicted molar refractivity (Wildman–Crippen MR) is 76.6 cm³/mol. The van der Waals surface area contributed by atoms with Gasteiger partial charge in [0.25, 0.3) is 0 Å². The van der Waals surface area contributed by atoms with Gasteiger partial charge in [0, 0.05) is 18.1 Å².